The van der Waals surface area contributed by atoms with E-state index in [1.54, 1.807) is 31.5 Å². The van der Waals surface area contributed by atoms with Gasteiger partial charge in [-0.05, 0) is 37.4 Å². The van der Waals surface area contributed by atoms with E-state index in [0.717, 1.165) is 24.4 Å². The Kier molecular flexibility index (Phi) is 5.80. The van der Waals surface area contributed by atoms with Crippen LogP contribution in [0.2, 0.25) is 0 Å². The Morgan fingerprint density at radius 2 is 1.92 bits per heavy atom. The average molecular weight is 349 g/mol. The van der Waals surface area contributed by atoms with Crippen molar-refractivity contribution in [2.45, 2.75) is 20.4 Å². The number of pyridine rings is 1. The number of methoxy groups -OCH3 is 1. The molecule has 0 N–H and O–H groups in total. The highest BCUT2D eigenvalue weighted by atomic mass is 35.5. The Hall–Kier alpha value is -2.11. The van der Waals surface area contributed by atoms with E-state index in [1.807, 2.05) is 6.07 Å². The second-order valence-electron chi connectivity index (χ2n) is 5.37. The minimum absolute atomic E-state index is 0. The number of rotatable bonds is 5. The first-order valence-electron chi connectivity index (χ1n) is 7.79. The highest BCUT2D eigenvalue weighted by Gasteiger charge is 2.17. The summed E-state index contributed by atoms with van der Waals surface area (Å²) in [6, 6.07) is 7.08. The predicted octanol–water partition coefficient (Wildman–Crippen LogP) is 3.61. The Morgan fingerprint density at radius 3 is 2.58 bits per heavy atom. The Morgan fingerprint density at radius 1 is 1.17 bits per heavy atom. The highest BCUT2D eigenvalue weighted by Crippen LogP contribution is 2.29. The van der Waals surface area contributed by atoms with Crippen molar-refractivity contribution < 1.29 is 9.15 Å². The molecule has 3 rings (SSSR count). The van der Waals surface area contributed by atoms with Gasteiger partial charge in [0.1, 0.15) is 11.3 Å². The Labute approximate surface area is 146 Å². The van der Waals surface area contributed by atoms with Gasteiger partial charge in [0.25, 0.3) is 0 Å². The average Bonchev–Trinajstić information content (AvgIpc) is 2.60. The van der Waals surface area contributed by atoms with Crippen LogP contribution in [0.15, 0.2) is 39.7 Å². The van der Waals surface area contributed by atoms with Crippen molar-refractivity contribution in [2.75, 3.05) is 20.2 Å². The van der Waals surface area contributed by atoms with Crippen molar-refractivity contribution >= 4 is 34.5 Å². The molecule has 0 atom stereocenters. The SMILES string of the molecule is CCN(CC)Cc1c(OC)ccc2c(=O)c3cccnc3oc12.Cl. The van der Waals surface area contributed by atoms with E-state index < -0.39 is 0 Å². The number of hydrogen-bond acceptors (Lipinski definition) is 5. The van der Waals surface area contributed by atoms with E-state index in [4.69, 9.17) is 9.15 Å². The molecule has 0 aliphatic rings. The van der Waals surface area contributed by atoms with Crippen LogP contribution in [0.1, 0.15) is 19.4 Å². The van der Waals surface area contributed by atoms with E-state index >= 15 is 0 Å². The molecule has 24 heavy (non-hydrogen) atoms. The van der Waals surface area contributed by atoms with Gasteiger partial charge in [-0.2, -0.15) is 0 Å². The molecular formula is C18H21ClN2O3. The monoisotopic (exact) mass is 348 g/mol. The van der Waals surface area contributed by atoms with Crippen LogP contribution < -0.4 is 10.2 Å². The van der Waals surface area contributed by atoms with Gasteiger partial charge in [0.2, 0.25) is 11.1 Å². The fraction of sp³-hybridized carbons (Fsp3) is 0.333. The number of benzene rings is 1. The molecule has 0 fully saturated rings. The van der Waals surface area contributed by atoms with Crippen LogP contribution in [0, 0.1) is 0 Å². The first-order valence-corrected chi connectivity index (χ1v) is 7.79. The van der Waals surface area contributed by atoms with Gasteiger partial charge in [0.05, 0.1) is 23.4 Å². The molecule has 0 radical (unpaired) electrons. The van der Waals surface area contributed by atoms with Gasteiger partial charge in [-0.25, -0.2) is 4.98 Å². The summed E-state index contributed by atoms with van der Waals surface area (Å²) in [5, 5.41) is 1.06. The molecule has 2 heterocycles. The van der Waals surface area contributed by atoms with Gasteiger partial charge in [-0.3, -0.25) is 9.69 Å². The lowest BCUT2D eigenvalue weighted by molar-refractivity contribution is 0.289. The maximum atomic E-state index is 12.7. The molecule has 0 spiro atoms. The van der Waals surface area contributed by atoms with Crippen LogP contribution in [0.4, 0.5) is 0 Å². The van der Waals surface area contributed by atoms with E-state index in [2.05, 4.69) is 23.7 Å². The first-order chi connectivity index (χ1) is 11.2. The van der Waals surface area contributed by atoms with E-state index in [9.17, 15) is 4.79 Å². The summed E-state index contributed by atoms with van der Waals surface area (Å²) in [6.07, 6.45) is 1.63. The van der Waals surface area contributed by atoms with Gasteiger partial charge >= 0.3 is 0 Å². The summed E-state index contributed by atoms with van der Waals surface area (Å²) in [5.74, 6) is 0.725. The molecule has 0 saturated heterocycles. The zero-order valence-electron chi connectivity index (χ0n) is 14.0. The minimum Gasteiger partial charge on any atom is -0.496 e. The predicted molar refractivity (Wildman–Crippen MR) is 98.2 cm³/mol. The standard InChI is InChI=1S/C18H20N2O3.ClH/c1-4-20(5-2)11-14-15(22-3)9-8-12-16(21)13-7-6-10-19-18(13)23-17(12)14;/h6-10H,4-5,11H2,1-3H3;1H. The van der Waals surface area contributed by atoms with Crippen molar-refractivity contribution in [3.63, 3.8) is 0 Å². The number of aromatic nitrogens is 1. The third kappa shape index (κ3) is 3.09. The zero-order chi connectivity index (χ0) is 16.4. The van der Waals surface area contributed by atoms with Crippen LogP contribution in [0.3, 0.4) is 0 Å². The summed E-state index contributed by atoms with van der Waals surface area (Å²) >= 11 is 0. The van der Waals surface area contributed by atoms with Crippen LogP contribution in [-0.2, 0) is 6.54 Å². The normalized spacial score (nSPS) is 11.0. The number of fused-ring (bicyclic) bond motifs is 2. The zero-order valence-corrected chi connectivity index (χ0v) is 14.9. The molecule has 2 aromatic heterocycles. The van der Waals surface area contributed by atoms with Gasteiger partial charge in [0.15, 0.2) is 0 Å². The summed E-state index contributed by atoms with van der Waals surface area (Å²) in [5.41, 5.74) is 1.75. The molecule has 0 aliphatic heterocycles. The number of hydrogen-bond donors (Lipinski definition) is 0. The van der Waals surface area contributed by atoms with Crippen molar-refractivity contribution in [1.82, 2.24) is 9.88 Å². The fourth-order valence-electron chi connectivity index (χ4n) is 2.80. The summed E-state index contributed by atoms with van der Waals surface area (Å²) in [7, 11) is 1.63. The van der Waals surface area contributed by atoms with Crippen LogP contribution in [-0.4, -0.2) is 30.1 Å². The fourth-order valence-corrected chi connectivity index (χ4v) is 2.80. The van der Waals surface area contributed by atoms with Crippen LogP contribution >= 0.6 is 12.4 Å². The van der Waals surface area contributed by atoms with Gasteiger partial charge in [-0.1, -0.05) is 13.8 Å². The molecule has 128 valence electrons. The van der Waals surface area contributed by atoms with Crippen molar-refractivity contribution in [3.05, 3.63) is 46.2 Å². The molecule has 0 bridgehead atoms. The van der Waals surface area contributed by atoms with Gasteiger partial charge < -0.3 is 9.15 Å². The summed E-state index contributed by atoms with van der Waals surface area (Å²) in [4.78, 5) is 19.1. The summed E-state index contributed by atoms with van der Waals surface area (Å²) in [6.45, 7) is 6.69. The lowest BCUT2D eigenvalue weighted by Crippen LogP contribution is -2.23. The third-order valence-electron chi connectivity index (χ3n) is 4.17. The van der Waals surface area contributed by atoms with Crippen LogP contribution in [0.5, 0.6) is 5.75 Å². The number of nitrogens with zero attached hydrogens (tertiary/aromatic N) is 2. The quantitative estimate of drug-likeness (QED) is 0.659. The third-order valence-corrected chi connectivity index (χ3v) is 4.17. The Balaban J connectivity index is 0.00000208. The minimum atomic E-state index is -0.0576. The largest absolute Gasteiger partial charge is 0.496 e. The molecule has 0 unspecified atom stereocenters. The molecule has 0 saturated carbocycles. The lowest BCUT2D eigenvalue weighted by Gasteiger charge is -2.20. The molecular weight excluding hydrogens is 328 g/mol. The van der Waals surface area contributed by atoms with Crippen molar-refractivity contribution in [2.24, 2.45) is 0 Å². The first kappa shape index (κ1) is 18.2. The van der Waals surface area contributed by atoms with Crippen molar-refractivity contribution in [1.29, 1.82) is 0 Å². The second-order valence-corrected chi connectivity index (χ2v) is 5.37. The van der Waals surface area contributed by atoms with Crippen LogP contribution in [0.25, 0.3) is 22.1 Å². The second kappa shape index (κ2) is 7.64. The van der Waals surface area contributed by atoms with Gasteiger partial charge in [-0.15, -0.1) is 12.4 Å². The number of ether oxygens (including phenoxy) is 1. The molecule has 5 nitrogen and oxygen atoms in total. The number of halogens is 1. The summed E-state index contributed by atoms with van der Waals surface area (Å²) < 4.78 is 11.5. The Bertz CT molecular complexity index is 904. The maximum Gasteiger partial charge on any atom is 0.230 e. The highest BCUT2D eigenvalue weighted by molar-refractivity contribution is 5.90. The maximum absolute atomic E-state index is 12.7. The van der Waals surface area contributed by atoms with E-state index in [-0.39, 0.29) is 17.8 Å². The van der Waals surface area contributed by atoms with Gasteiger partial charge in [0, 0.05) is 12.7 Å². The van der Waals surface area contributed by atoms with E-state index in [1.165, 1.54) is 0 Å². The smallest absolute Gasteiger partial charge is 0.230 e. The lowest BCUT2D eigenvalue weighted by atomic mass is 10.1. The topological polar surface area (TPSA) is 55.6 Å². The molecule has 1 aromatic carbocycles. The molecule has 0 amide bonds. The molecule has 3 aromatic rings. The molecule has 0 aliphatic carbocycles. The molecule has 6 heteroatoms. The van der Waals surface area contributed by atoms with Crippen molar-refractivity contribution in [3.8, 4) is 5.75 Å². The van der Waals surface area contributed by atoms with E-state index in [0.29, 0.717) is 28.6 Å².